The molecule has 0 spiro atoms. The lowest BCUT2D eigenvalue weighted by Crippen LogP contribution is -2.38. The first-order valence-corrected chi connectivity index (χ1v) is 9.18. The highest BCUT2D eigenvalue weighted by Crippen LogP contribution is 2.38. The molecule has 2 heterocycles. The van der Waals surface area contributed by atoms with Crippen molar-refractivity contribution in [1.29, 1.82) is 0 Å². The van der Waals surface area contributed by atoms with E-state index in [9.17, 15) is 18.0 Å². The number of amides is 1. The van der Waals surface area contributed by atoms with Crippen molar-refractivity contribution >= 4 is 11.5 Å². The normalized spacial score (nSPS) is 20.1. The Morgan fingerprint density at radius 3 is 2.93 bits per heavy atom. The molecule has 2 aliphatic rings. The van der Waals surface area contributed by atoms with Gasteiger partial charge in [0, 0.05) is 42.4 Å². The third-order valence-electron chi connectivity index (χ3n) is 5.12. The Morgan fingerprint density at radius 1 is 1.25 bits per heavy atom. The molecule has 1 aromatic carbocycles. The van der Waals surface area contributed by atoms with Crippen LogP contribution in [0.25, 0.3) is 5.57 Å². The third-order valence-corrected chi connectivity index (χ3v) is 5.12. The summed E-state index contributed by atoms with van der Waals surface area (Å²) in [5.74, 6) is -0.0805. The number of hydrogen-bond acceptors (Lipinski definition) is 3. The zero-order chi connectivity index (χ0) is 19.7. The molecule has 2 aromatic rings. The molecule has 7 heteroatoms. The average Bonchev–Trinajstić information content (AvgIpc) is 2.67. The second-order valence-electron chi connectivity index (χ2n) is 7.03. The molecule has 4 rings (SSSR count). The number of hydrogen-bond donors (Lipinski definition) is 1. The lowest BCUT2D eigenvalue weighted by Gasteiger charge is -2.25. The maximum atomic E-state index is 12.9. The number of pyridine rings is 1. The molecule has 0 saturated carbocycles. The molecule has 1 aromatic heterocycles. The van der Waals surface area contributed by atoms with Gasteiger partial charge >= 0.3 is 6.18 Å². The number of nitrogens with one attached hydrogen (secondary N) is 1. The summed E-state index contributed by atoms with van der Waals surface area (Å²) < 4.78 is 44.1. The Kier molecular flexibility index (Phi) is 4.83. The lowest BCUT2D eigenvalue weighted by atomic mass is 9.92. The number of rotatable bonds is 2. The molecule has 28 heavy (non-hydrogen) atoms. The van der Waals surface area contributed by atoms with E-state index < -0.39 is 11.7 Å². The van der Waals surface area contributed by atoms with E-state index in [1.807, 2.05) is 6.07 Å². The van der Waals surface area contributed by atoms with Crippen LogP contribution in [0, 0.1) is 0 Å². The SMILES string of the molecule is O=C(C=C1CCOc2cc(C(F)(F)F)ccc21)NC1CCc2cccnc2C1. The van der Waals surface area contributed by atoms with Gasteiger partial charge in [-0.15, -0.1) is 0 Å². The fraction of sp³-hybridized carbons (Fsp3) is 0.333. The Morgan fingerprint density at radius 2 is 2.11 bits per heavy atom. The van der Waals surface area contributed by atoms with Crippen molar-refractivity contribution in [2.45, 2.75) is 37.9 Å². The second kappa shape index (κ2) is 7.30. The minimum atomic E-state index is -4.43. The molecule has 0 fully saturated rings. The standard InChI is InChI=1S/C21H19F3N2O2/c22-21(23,24)15-4-6-17-14(7-9-28-19(17)11-15)10-20(27)26-16-5-3-13-2-1-8-25-18(13)12-16/h1-2,4,6,8,10-11,16H,3,5,7,9,12H2,(H,26,27). The molecule has 0 radical (unpaired) electrons. The zero-order valence-electron chi connectivity index (χ0n) is 15.1. The number of carbonyl (C=O) groups is 1. The fourth-order valence-corrected chi connectivity index (χ4v) is 3.71. The van der Waals surface area contributed by atoms with Gasteiger partial charge in [-0.3, -0.25) is 9.78 Å². The van der Waals surface area contributed by atoms with E-state index in [2.05, 4.69) is 16.4 Å². The molecule has 0 saturated heterocycles. The van der Waals surface area contributed by atoms with Crippen molar-refractivity contribution < 1.29 is 22.7 Å². The summed E-state index contributed by atoms with van der Waals surface area (Å²) in [6, 6.07) is 7.34. The molecule has 0 bridgehead atoms. The number of fused-ring (bicyclic) bond motifs is 2. The van der Waals surface area contributed by atoms with E-state index >= 15 is 0 Å². The monoisotopic (exact) mass is 388 g/mol. The quantitative estimate of drug-likeness (QED) is 0.793. The van der Waals surface area contributed by atoms with Crippen LogP contribution >= 0.6 is 0 Å². The van der Waals surface area contributed by atoms with Crippen molar-refractivity contribution in [3.05, 3.63) is 65.0 Å². The van der Waals surface area contributed by atoms with Crippen LogP contribution in [0.2, 0.25) is 0 Å². The second-order valence-corrected chi connectivity index (χ2v) is 7.03. The van der Waals surface area contributed by atoms with Crippen molar-refractivity contribution in [3.63, 3.8) is 0 Å². The van der Waals surface area contributed by atoms with Gasteiger partial charge in [0.15, 0.2) is 0 Å². The Labute approximate surface area is 160 Å². The van der Waals surface area contributed by atoms with Crippen LogP contribution in [0.1, 0.15) is 35.2 Å². The number of nitrogens with zero attached hydrogens (tertiary/aromatic N) is 1. The summed E-state index contributed by atoms with van der Waals surface area (Å²) in [5, 5.41) is 3.00. The van der Waals surface area contributed by atoms with Crippen molar-refractivity contribution in [2.75, 3.05) is 6.61 Å². The largest absolute Gasteiger partial charge is 0.493 e. The summed E-state index contributed by atoms with van der Waals surface area (Å²) in [6.45, 7) is 0.244. The Balaban J connectivity index is 1.49. The predicted octanol–water partition coefficient (Wildman–Crippen LogP) is 3.94. The number of benzene rings is 1. The number of alkyl halides is 3. The van der Waals surface area contributed by atoms with Crippen LogP contribution in [0.3, 0.4) is 0 Å². The highest BCUT2D eigenvalue weighted by molar-refractivity contribution is 5.96. The van der Waals surface area contributed by atoms with E-state index in [1.54, 1.807) is 6.20 Å². The number of ether oxygens (including phenoxy) is 1. The summed E-state index contributed by atoms with van der Waals surface area (Å²) in [4.78, 5) is 16.9. The van der Waals surface area contributed by atoms with Gasteiger partial charge in [0.2, 0.25) is 5.91 Å². The predicted molar refractivity (Wildman–Crippen MR) is 97.7 cm³/mol. The minimum absolute atomic E-state index is 0.00123. The van der Waals surface area contributed by atoms with Crippen LogP contribution in [-0.2, 0) is 23.8 Å². The maximum Gasteiger partial charge on any atom is 0.416 e. The average molecular weight is 388 g/mol. The number of aromatic nitrogens is 1. The van der Waals surface area contributed by atoms with Gasteiger partial charge in [0.1, 0.15) is 5.75 Å². The maximum absolute atomic E-state index is 12.9. The summed E-state index contributed by atoms with van der Waals surface area (Å²) in [5.41, 5.74) is 2.67. The molecule has 1 amide bonds. The van der Waals surface area contributed by atoms with E-state index in [0.29, 0.717) is 24.0 Å². The number of carbonyl (C=O) groups excluding carboxylic acids is 1. The first-order chi connectivity index (χ1) is 13.4. The van der Waals surface area contributed by atoms with Gasteiger partial charge in [0.05, 0.1) is 12.2 Å². The van der Waals surface area contributed by atoms with E-state index in [-0.39, 0.29) is 24.3 Å². The van der Waals surface area contributed by atoms with Crippen LogP contribution in [0.4, 0.5) is 13.2 Å². The van der Waals surface area contributed by atoms with Crippen LogP contribution < -0.4 is 10.1 Å². The molecule has 1 unspecified atom stereocenters. The van der Waals surface area contributed by atoms with Gasteiger partial charge in [-0.05, 0) is 42.2 Å². The lowest BCUT2D eigenvalue weighted by molar-refractivity contribution is -0.137. The zero-order valence-corrected chi connectivity index (χ0v) is 15.1. The van der Waals surface area contributed by atoms with Gasteiger partial charge in [-0.2, -0.15) is 13.2 Å². The molecule has 4 nitrogen and oxygen atoms in total. The van der Waals surface area contributed by atoms with Gasteiger partial charge in [-0.1, -0.05) is 12.1 Å². The summed E-state index contributed by atoms with van der Waals surface area (Å²) in [6.07, 6.45) is 1.65. The van der Waals surface area contributed by atoms with Gasteiger partial charge in [-0.25, -0.2) is 0 Å². The van der Waals surface area contributed by atoms with Crippen LogP contribution in [0.15, 0.2) is 42.6 Å². The molecular weight excluding hydrogens is 369 g/mol. The van der Waals surface area contributed by atoms with E-state index in [4.69, 9.17) is 4.74 Å². The minimum Gasteiger partial charge on any atom is -0.493 e. The number of aryl methyl sites for hydroxylation is 1. The smallest absolute Gasteiger partial charge is 0.416 e. The third kappa shape index (κ3) is 3.88. The van der Waals surface area contributed by atoms with E-state index in [1.165, 1.54) is 17.7 Å². The van der Waals surface area contributed by atoms with Crippen molar-refractivity contribution in [1.82, 2.24) is 10.3 Å². The molecule has 146 valence electrons. The van der Waals surface area contributed by atoms with Gasteiger partial charge < -0.3 is 10.1 Å². The van der Waals surface area contributed by atoms with Crippen molar-refractivity contribution in [3.8, 4) is 5.75 Å². The highest BCUT2D eigenvalue weighted by Gasteiger charge is 2.32. The number of halogens is 3. The molecule has 1 N–H and O–H groups in total. The molecule has 1 atom stereocenters. The first kappa shape index (κ1) is 18.5. The fourth-order valence-electron chi connectivity index (χ4n) is 3.71. The first-order valence-electron chi connectivity index (χ1n) is 9.18. The van der Waals surface area contributed by atoms with Gasteiger partial charge in [0.25, 0.3) is 0 Å². The molecular formula is C21H19F3N2O2. The highest BCUT2D eigenvalue weighted by atomic mass is 19.4. The summed E-state index contributed by atoms with van der Waals surface area (Å²) in [7, 11) is 0. The van der Waals surface area contributed by atoms with Crippen molar-refractivity contribution in [2.24, 2.45) is 0 Å². The van der Waals surface area contributed by atoms with E-state index in [0.717, 1.165) is 30.7 Å². The molecule has 1 aliphatic heterocycles. The molecule has 1 aliphatic carbocycles. The van der Waals surface area contributed by atoms with Crippen LogP contribution in [-0.4, -0.2) is 23.5 Å². The summed E-state index contributed by atoms with van der Waals surface area (Å²) >= 11 is 0. The topological polar surface area (TPSA) is 51.2 Å². The van der Waals surface area contributed by atoms with Crippen LogP contribution in [0.5, 0.6) is 5.75 Å². The Hall–Kier alpha value is -2.83. The Bertz CT molecular complexity index is 937.